The second kappa shape index (κ2) is 7.30. The number of halogens is 2. The number of rotatable bonds is 3. The smallest absolute Gasteiger partial charge is 0.0705 e. The number of aromatic nitrogens is 1. The van der Waals surface area contributed by atoms with Crippen LogP contribution in [-0.2, 0) is 0 Å². The molecule has 5 heteroatoms. The summed E-state index contributed by atoms with van der Waals surface area (Å²) in [5.74, 6) is 0. The minimum atomic E-state index is 0.129. The van der Waals surface area contributed by atoms with Crippen LogP contribution in [0.25, 0.3) is 10.9 Å². The third-order valence-electron chi connectivity index (χ3n) is 4.75. The maximum atomic E-state index is 6.33. The van der Waals surface area contributed by atoms with Crippen LogP contribution < -0.4 is 5.32 Å². The fraction of sp³-hybridized carbons (Fsp3) is 0.250. The highest BCUT2D eigenvalue weighted by atomic mass is 35.5. The molecular formula is C20H19Cl2N3. The Balaban J connectivity index is 1.88. The zero-order valence-corrected chi connectivity index (χ0v) is 15.3. The Bertz CT molecular complexity index is 886. The van der Waals surface area contributed by atoms with Crippen molar-refractivity contribution >= 4 is 34.1 Å². The van der Waals surface area contributed by atoms with Crippen molar-refractivity contribution in [3.8, 4) is 0 Å². The fourth-order valence-electron chi connectivity index (χ4n) is 3.57. The minimum absolute atomic E-state index is 0.129. The van der Waals surface area contributed by atoms with Crippen LogP contribution in [0, 0.1) is 0 Å². The summed E-state index contributed by atoms with van der Waals surface area (Å²) in [6, 6.07) is 16.5. The van der Waals surface area contributed by atoms with Gasteiger partial charge in [-0.3, -0.25) is 9.88 Å². The molecule has 2 heterocycles. The van der Waals surface area contributed by atoms with E-state index in [0.717, 1.165) is 37.3 Å². The molecule has 0 radical (unpaired) electrons. The van der Waals surface area contributed by atoms with Crippen molar-refractivity contribution in [3.63, 3.8) is 0 Å². The Morgan fingerprint density at radius 2 is 1.76 bits per heavy atom. The van der Waals surface area contributed by atoms with Gasteiger partial charge in [-0.15, -0.1) is 0 Å². The Morgan fingerprint density at radius 3 is 2.56 bits per heavy atom. The van der Waals surface area contributed by atoms with Crippen molar-refractivity contribution in [1.82, 2.24) is 15.2 Å². The van der Waals surface area contributed by atoms with Crippen LogP contribution in [0.2, 0.25) is 10.0 Å². The zero-order valence-electron chi connectivity index (χ0n) is 13.8. The lowest BCUT2D eigenvalue weighted by Gasteiger charge is -2.36. The Labute approximate surface area is 157 Å². The molecule has 3 nitrogen and oxygen atoms in total. The van der Waals surface area contributed by atoms with Gasteiger partial charge in [0.05, 0.1) is 21.6 Å². The summed E-state index contributed by atoms with van der Waals surface area (Å²) in [5.41, 5.74) is 3.43. The maximum absolute atomic E-state index is 6.33. The Kier molecular flexibility index (Phi) is 4.91. The van der Waals surface area contributed by atoms with Gasteiger partial charge in [0.25, 0.3) is 0 Å². The molecule has 1 unspecified atom stereocenters. The molecule has 1 saturated heterocycles. The molecule has 0 aliphatic carbocycles. The molecule has 1 aromatic heterocycles. The molecule has 3 aromatic rings. The molecule has 0 bridgehead atoms. The van der Waals surface area contributed by atoms with E-state index in [9.17, 15) is 0 Å². The zero-order chi connectivity index (χ0) is 17.2. The molecule has 0 amide bonds. The average Bonchev–Trinajstić information content (AvgIpc) is 2.66. The third kappa shape index (κ3) is 3.38. The van der Waals surface area contributed by atoms with Crippen LogP contribution in [0.15, 0.2) is 54.7 Å². The van der Waals surface area contributed by atoms with Crippen molar-refractivity contribution in [2.45, 2.75) is 6.04 Å². The number of hydrogen-bond donors (Lipinski definition) is 1. The van der Waals surface area contributed by atoms with E-state index in [-0.39, 0.29) is 6.04 Å². The number of pyridine rings is 1. The van der Waals surface area contributed by atoms with Gasteiger partial charge in [-0.05, 0) is 35.4 Å². The number of fused-ring (bicyclic) bond motifs is 1. The first-order valence-corrected chi connectivity index (χ1v) is 9.23. The van der Waals surface area contributed by atoms with E-state index in [4.69, 9.17) is 23.2 Å². The second-order valence-corrected chi connectivity index (χ2v) is 7.09. The predicted molar refractivity (Wildman–Crippen MR) is 104 cm³/mol. The molecule has 1 fully saturated rings. The van der Waals surface area contributed by atoms with Crippen LogP contribution in [0.5, 0.6) is 0 Å². The van der Waals surface area contributed by atoms with Crippen LogP contribution in [-0.4, -0.2) is 36.1 Å². The van der Waals surface area contributed by atoms with Gasteiger partial charge in [0.15, 0.2) is 0 Å². The summed E-state index contributed by atoms with van der Waals surface area (Å²) in [6.45, 7) is 3.95. The monoisotopic (exact) mass is 371 g/mol. The highest BCUT2D eigenvalue weighted by Gasteiger charge is 2.26. The average molecular weight is 372 g/mol. The molecule has 1 aliphatic rings. The van der Waals surface area contributed by atoms with Crippen LogP contribution in [0.3, 0.4) is 0 Å². The summed E-state index contributed by atoms with van der Waals surface area (Å²) < 4.78 is 0. The molecule has 0 saturated carbocycles. The van der Waals surface area contributed by atoms with Gasteiger partial charge in [0, 0.05) is 37.8 Å². The highest BCUT2D eigenvalue weighted by molar-refractivity contribution is 6.42. The molecule has 25 heavy (non-hydrogen) atoms. The fourth-order valence-corrected chi connectivity index (χ4v) is 3.87. The first-order chi connectivity index (χ1) is 12.2. The second-order valence-electron chi connectivity index (χ2n) is 6.28. The van der Waals surface area contributed by atoms with Crippen LogP contribution in [0.1, 0.15) is 17.2 Å². The number of para-hydroxylation sites is 1. The first kappa shape index (κ1) is 16.8. The van der Waals surface area contributed by atoms with Gasteiger partial charge in [-0.1, -0.05) is 47.5 Å². The van der Waals surface area contributed by atoms with Gasteiger partial charge < -0.3 is 5.32 Å². The lowest BCUT2D eigenvalue weighted by molar-refractivity contribution is 0.199. The van der Waals surface area contributed by atoms with E-state index in [1.807, 2.05) is 24.4 Å². The van der Waals surface area contributed by atoms with Crippen LogP contribution in [0.4, 0.5) is 0 Å². The first-order valence-electron chi connectivity index (χ1n) is 8.47. The summed E-state index contributed by atoms with van der Waals surface area (Å²) in [5, 5.41) is 5.79. The molecule has 2 aromatic carbocycles. The standard InChI is InChI=1S/C20H19Cl2N3/c21-17-6-5-14(13-18(17)22)20(25-11-9-23-10-12-25)16-7-8-24-19-4-2-1-3-15(16)19/h1-8,13,20,23H,9-12H2. The van der Waals surface area contributed by atoms with E-state index in [2.05, 4.69) is 45.5 Å². The number of nitrogens with one attached hydrogen (secondary N) is 1. The van der Waals surface area contributed by atoms with Gasteiger partial charge >= 0.3 is 0 Å². The van der Waals surface area contributed by atoms with Gasteiger partial charge in [0.2, 0.25) is 0 Å². The summed E-state index contributed by atoms with van der Waals surface area (Å²) in [7, 11) is 0. The van der Waals surface area contributed by atoms with Crippen molar-refractivity contribution in [3.05, 3.63) is 75.9 Å². The predicted octanol–water partition coefficient (Wildman–Crippen LogP) is 4.54. The summed E-state index contributed by atoms with van der Waals surface area (Å²) in [6.07, 6.45) is 1.89. The summed E-state index contributed by atoms with van der Waals surface area (Å²) >= 11 is 12.5. The number of hydrogen-bond acceptors (Lipinski definition) is 3. The van der Waals surface area contributed by atoms with Crippen molar-refractivity contribution in [1.29, 1.82) is 0 Å². The van der Waals surface area contributed by atoms with Crippen molar-refractivity contribution in [2.75, 3.05) is 26.2 Å². The quantitative estimate of drug-likeness (QED) is 0.732. The van der Waals surface area contributed by atoms with E-state index >= 15 is 0 Å². The topological polar surface area (TPSA) is 28.2 Å². The van der Waals surface area contributed by atoms with E-state index in [1.54, 1.807) is 0 Å². The maximum Gasteiger partial charge on any atom is 0.0705 e. The number of piperazine rings is 1. The Hall–Kier alpha value is -1.65. The van der Waals surface area contributed by atoms with Gasteiger partial charge in [0.1, 0.15) is 0 Å². The lowest BCUT2D eigenvalue weighted by Crippen LogP contribution is -2.45. The number of benzene rings is 2. The molecule has 1 atom stereocenters. The van der Waals surface area contributed by atoms with E-state index in [1.165, 1.54) is 10.9 Å². The molecule has 4 rings (SSSR count). The largest absolute Gasteiger partial charge is 0.314 e. The lowest BCUT2D eigenvalue weighted by atomic mass is 9.94. The minimum Gasteiger partial charge on any atom is -0.314 e. The number of nitrogens with zero attached hydrogens (tertiary/aromatic N) is 2. The van der Waals surface area contributed by atoms with E-state index in [0.29, 0.717) is 10.0 Å². The molecular weight excluding hydrogens is 353 g/mol. The SMILES string of the molecule is Clc1ccc(C(c2ccnc3ccccc23)N2CCNCC2)cc1Cl. The molecule has 128 valence electrons. The molecule has 1 aliphatic heterocycles. The van der Waals surface area contributed by atoms with Gasteiger partial charge in [-0.2, -0.15) is 0 Å². The Morgan fingerprint density at radius 1 is 0.960 bits per heavy atom. The normalized spacial score (nSPS) is 16.9. The summed E-state index contributed by atoms with van der Waals surface area (Å²) in [4.78, 5) is 7.01. The van der Waals surface area contributed by atoms with Crippen molar-refractivity contribution in [2.24, 2.45) is 0 Å². The molecule has 1 N–H and O–H groups in total. The van der Waals surface area contributed by atoms with Gasteiger partial charge in [-0.25, -0.2) is 0 Å². The third-order valence-corrected chi connectivity index (χ3v) is 5.49. The molecule has 0 spiro atoms. The van der Waals surface area contributed by atoms with E-state index < -0.39 is 0 Å². The van der Waals surface area contributed by atoms with Crippen LogP contribution >= 0.6 is 23.2 Å². The van der Waals surface area contributed by atoms with Crippen molar-refractivity contribution < 1.29 is 0 Å². The highest BCUT2D eigenvalue weighted by Crippen LogP contribution is 2.35.